The third kappa shape index (κ3) is 4.41. The summed E-state index contributed by atoms with van der Waals surface area (Å²) in [7, 11) is 1.66. The van der Waals surface area contributed by atoms with Crippen molar-refractivity contribution in [1.29, 1.82) is 0 Å². The molecule has 0 spiro atoms. The molecule has 0 heterocycles. The van der Waals surface area contributed by atoms with Crippen LogP contribution in [0.4, 0.5) is 0 Å². The Morgan fingerprint density at radius 3 is 2.65 bits per heavy atom. The Balaban J connectivity index is 2.68. The first-order chi connectivity index (χ1) is 7.85. The van der Waals surface area contributed by atoms with Crippen molar-refractivity contribution in [1.82, 2.24) is 0 Å². The number of methoxy groups -OCH3 is 1. The van der Waals surface area contributed by atoms with Crippen molar-refractivity contribution in [2.75, 3.05) is 7.11 Å². The van der Waals surface area contributed by atoms with E-state index in [1.165, 1.54) is 0 Å². The number of rotatable bonds is 5. The molecule has 0 saturated carbocycles. The van der Waals surface area contributed by atoms with Crippen molar-refractivity contribution < 1.29 is 9.53 Å². The molecule has 1 aromatic rings. The fourth-order valence-electron chi connectivity index (χ4n) is 1.33. The second-order valence-electron chi connectivity index (χ2n) is 4.52. The molecule has 1 aromatic carbocycles. The monoisotopic (exact) mass is 318 g/mol. The van der Waals surface area contributed by atoms with E-state index < -0.39 is 0 Å². The zero-order chi connectivity index (χ0) is 13.1. The normalized spacial score (nSPS) is 11.6. The van der Waals surface area contributed by atoms with Crippen molar-refractivity contribution >= 4 is 33.3 Å². The van der Waals surface area contributed by atoms with E-state index in [-0.39, 0.29) is 11.4 Å². The van der Waals surface area contributed by atoms with Crippen LogP contribution in [-0.4, -0.2) is 18.5 Å². The number of hydrogen-bond acceptors (Lipinski definition) is 2. The minimum absolute atomic E-state index is 0.104. The molecule has 0 fully saturated rings. The Morgan fingerprint density at radius 2 is 2.12 bits per heavy atom. The molecule has 0 aliphatic rings. The Bertz CT molecular complexity index is 416. The molecule has 94 valence electrons. The highest BCUT2D eigenvalue weighted by atomic mass is 79.9. The van der Waals surface area contributed by atoms with E-state index in [0.29, 0.717) is 23.4 Å². The van der Waals surface area contributed by atoms with E-state index in [2.05, 4.69) is 15.9 Å². The molecule has 0 bridgehead atoms. The van der Waals surface area contributed by atoms with Crippen LogP contribution in [0.5, 0.6) is 0 Å². The van der Waals surface area contributed by atoms with Gasteiger partial charge in [0, 0.05) is 23.6 Å². The minimum atomic E-state index is -0.265. The highest BCUT2D eigenvalue weighted by Crippen LogP contribution is 2.25. The predicted molar refractivity (Wildman–Crippen MR) is 73.8 cm³/mol. The summed E-state index contributed by atoms with van der Waals surface area (Å²) in [6, 6.07) is 5.22. The van der Waals surface area contributed by atoms with Gasteiger partial charge in [0.25, 0.3) is 0 Å². The van der Waals surface area contributed by atoms with Gasteiger partial charge >= 0.3 is 0 Å². The molecule has 0 aliphatic heterocycles. The van der Waals surface area contributed by atoms with E-state index in [0.717, 1.165) is 4.47 Å². The first-order valence-corrected chi connectivity index (χ1v) is 6.56. The van der Waals surface area contributed by atoms with Gasteiger partial charge in [-0.15, -0.1) is 0 Å². The van der Waals surface area contributed by atoms with E-state index >= 15 is 0 Å². The van der Waals surface area contributed by atoms with Crippen molar-refractivity contribution in [3.8, 4) is 0 Å². The Labute approximate surface area is 115 Å². The number of hydrogen-bond donors (Lipinski definition) is 0. The Kier molecular flexibility index (Phi) is 5.17. The van der Waals surface area contributed by atoms with Crippen LogP contribution in [0.15, 0.2) is 22.7 Å². The zero-order valence-corrected chi connectivity index (χ0v) is 12.6. The van der Waals surface area contributed by atoms with Gasteiger partial charge in [-0.25, -0.2) is 0 Å². The molecule has 2 nitrogen and oxygen atoms in total. The summed E-state index contributed by atoms with van der Waals surface area (Å²) in [5.41, 5.74) is 0.410. The maximum atomic E-state index is 12.0. The lowest BCUT2D eigenvalue weighted by Crippen LogP contribution is -2.23. The fraction of sp³-hybridized carbons (Fsp3) is 0.462. The molecule has 17 heavy (non-hydrogen) atoms. The van der Waals surface area contributed by atoms with Crippen molar-refractivity contribution in [3.63, 3.8) is 0 Å². The van der Waals surface area contributed by atoms with Crippen LogP contribution < -0.4 is 0 Å². The van der Waals surface area contributed by atoms with Gasteiger partial charge in [-0.3, -0.25) is 4.79 Å². The molecule has 4 heteroatoms. The molecule has 0 aromatic heterocycles. The molecule has 1 rings (SSSR count). The number of benzene rings is 1. The molecule has 0 radical (unpaired) electrons. The highest BCUT2D eigenvalue weighted by molar-refractivity contribution is 9.10. The van der Waals surface area contributed by atoms with Crippen LogP contribution in [-0.2, 0) is 4.74 Å². The first kappa shape index (κ1) is 14.7. The molecular weight excluding hydrogens is 303 g/mol. The Hall–Kier alpha value is -0.380. The predicted octanol–water partition coefficient (Wildman–Crippen LogP) is 4.49. The van der Waals surface area contributed by atoms with E-state index in [9.17, 15) is 4.79 Å². The van der Waals surface area contributed by atoms with Crippen molar-refractivity contribution in [2.24, 2.45) is 0 Å². The van der Waals surface area contributed by atoms with Gasteiger partial charge in [-0.2, -0.15) is 0 Å². The summed E-state index contributed by atoms with van der Waals surface area (Å²) in [5, 5.41) is 0.610. The lowest BCUT2D eigenvalue weighted by Gasteiger charge is -2.22. The molecule has 0 amide bonds. The molecule has 0 aliphatic carbocycles. The number of Topliss-reactive ketones (excluding diaryl/α,β-unsaturated/α-hetero) is 1. The summed E-state index contributed by atoms with van der Waals surface area (Å²) in [5.74, 6) is 0.104. The average molecular weight is 320 g/mol. The topological polar surface area (TPSA) is 26.3 Å². The van der Waals surface area contributed by atoms with Gasteiger partial charge in [0.1, 0.15) is 0 Å². The summed E-state index contributed by atoms with van der Waals surface area (Å²) in [4.78, 5) is 12.0. The van der Waals surface area contributed by atoms with Gasteiger partial charge in [0.2, 0.25) is 0 Å². The van der Waals surface area contributed by atoms with Gasteiger partial charge in [-0.1, -0.05) is 11.6 Å². The summed E-state index contributed by atoms with van der Waals surface area (Å²) >= 11 is 9.19. The number of ketones is 1. The SMILES string of the molecule is COC(C)(C)CCC(=O)c1ccc(Cl)c(Br)c1. The highest BCUT2D eigenvalue weighted by Gasteiger charge is 2.18. The number of ether oxygens (including phenoxy) is 1. The first-order valence-electron chi connectivity index (χ1n) is 5.39. The summed E-state index contributed by atoms with van der Waals surface area (Å²) < 4.78 is 6.03. The number of halogens is 2. The van der Waals surface area contributed by atoms with Crippen LogP contribution >= 0.6 is 27.5 Å². The number of carbonyl (C=O) groups is 1. The molecular formula is C13H16BrClO2. The van der Waals surface area contributed by atoms with E-state index in [4.69, 9.17) is 16.3 Å². The van der Waals surface area contributed by atoms with Crippen LogP contribution in [0.25, 0.3) is 0 Å². The lowest BCUT2D eigenvalue weighted by molar-refractivity contribution is 0.0141. The maximum Gasteiger partial charge on any atom is 0.163 e. The summed E-state index contributed by atoms with van der Waals surface area (Å²) in [6.45, 7) is 3.94. The largest absolute Gasteiger partial charge is 0.379 e. The lowest BCUT2D eigenvalue weighted by atomic mass is 9.98. The van der Waals surface area contributed by atoms with Crippen molar-refractivity contribution in [2.45, 2.75) is 32.3 Å². The fourth-order valence-corrected chi connectivity index (χ4v) is 1.83. The second-order valence-corrected chi connectivity index (χ2v) is 5.78. The maximum absolute atomic E-state index is 12.0. The summed E-state index contributed by atoms with van der Waals surface area (Å²) in [6.07, 6.45) is 1.16. The third-order valence-electron chi connectivity index (χ3n) is 2.75. The van der Waals surface area contributed by atoms with Gasteiger partial charge < -0.3 is 4.74 Å². The molecule has 0 atom stereocenters. The second kappa shape index (κ2) is 5.98. The van der Waals surface area contributed by atoms with Crippen LogP contribution in [0.3, 0.4) is 0 Å². The van der Waals surface area contributed by atoms with Crippen LogP contribution in [0.2, 0.25) is 5.02 Å². The standard InChI is InChI=1S/C13H16BrClO2/c1-13(2,17-3)7-6-12(16)9-4-5-11(15)10(14)8-9/h4-5,8H,6-7H2,1-3H3. The van der Waals surface area contributed by atoms with Gasteiger partial charge in [-0.05, 0) is 54.4 Å². The van der Waals surface area contributed by atoms with Crippen LogP contribution in [0, 0.1) is 0 Å². The molecule has 0 unspecified atom stereocenters. The smallest absolute Gasteiger partial charge is 0.163 e. The molecule has 0 saturated heterocycles. The van der Waals surface area contributed by atoms with E-state index in [1.54, 1.807) is 25.3 Å². The van der Waals surface area contributed by atoms with E-state index in [1.807, 2.05) is 13.8 Å². The van der Waals surface area contributed by atoms with Gasteiger partial charge in [0.15, 0.2) is 5.78 Å². The number of carbonyl (C=O) groups excluding carboxylic acids is 1. The minimum Gasteiger partial charge on any atom is -0.379 e. The zero-order valence-electron chi connectivity index (χ0n) is 10.2. The quantitative estimate of drug-likeness (QED) is 0.747. The average Bonchev–Trinajstić information content (AvgIpc) is 2.30. The third-order valence-corrected chi connectivity index (χ3v) is 3.96. The molecule has 0 N–H and O–H groups in total. The Morgan fingerprint density at radius 1 is 1.47 bits per heavy atom. The van der Waals surface area contributed by atoms with Gasteiger partial charge in [0.05, 0.1) is 10.6 Å². The van der Waals surface area contributed by atoms with Crippen molar-refractivity contribution in [3.05, 3.63) is 33.3 Å². The van der Waals surface area contributed by atoms with Crippen LogP contribution in [0.1, 0.15) is 37.0 Å².